The zero-order chi connectivity index (χ0) is 9.11. The Hall–Kier alpha value is -0.650. The first kappa shape index (κ1) is 13.0. The maximum absolute atomic E-state index is 10.1. The maximum atomic E-state index is 10.1. The number of nitrogens with two attached hydrogens (primary N) is 1. The molecule has 5 heteroatoms. The van der Waals surface area contributed by atoms with Crippen molar-refractivity contribution in [2.24, 2.45) is 5.73 Å². The van der Waals surface area contributed by atoms with Crippen molar-refractivity contribution in [2.75, 3.05) is 20.2 Å². The lowest BCUT2D eigenvalue weighted by Crippen LogP contribution is -2.13. The van der Waals surface area contributed by atoms with Crippen molar-refractivity contribution < 1.29 is 14.7 Å². The molecule has 0 fully saturated rings. The lowest BCUT2D eigenvalue weighted by molar-refractivity contribution is -0.149. The van der Waals surface area contributed by atoms with E-state index in [4.69, 9.17) is 10.8 Å². The molecular formula is C6H16N2O3. The molecule has 4 N–H and O–H groups in total. The van der Waals surface area contributed by atoms with Crippen LogP contribution in [0, 0.1) is 0 Å². The van der Waals surface area contributed by atoms with Crippen LogP contribution in [-0.4, -0.2) is 31.3 Å². The molecule has 0 radical (unpaired) electrons. The van der Waals surface area contributed by atoms with E-state index in [2.05, 4.69) is 10.3 Å². The number of hydrogen-bond acceptors (Lipinski definition) is 5. The summed E-state index contributed by atoms with van der Waals surface area (Å²) < 4.78 is 0. The Balaban J connectivity index is 0. The topological polar surface area (TPSA) is 84.6 Å². The number of aliphatic hydroxyl groups is 1. The molecule has 0 aromatic carbocycles. The molecule has 11 heavy (non-hydrogen) atoms. The van der Waals surface area contributed by atoms with E-state index >= 15 is 0 Å². The van der Waals surface area contributed by atoms with Crippen LogP contribution in [0.15, 0.2) is 0 Å². The number of carbonyl (C=O) groups excluding carboxylic acids is 1. The fraction of sp³-hybridized carbons (Fsp3) is 0.833. The van der Waals surface area contributed by atoms with Gasteiger partial charge in [-0.3, -0.25) is 4.79 Å². The van der Waals surface area contributed by atoms with Crippen molar-refractivity contribution in [3.63, 3.8) is 0 Å². The highest BCUT2D eigenvalue weighted by atomic mass is 16.7. The highest BCUT2D eigenvalue weighted by molar-refractivity contribution is 5.68. The third kappa shape index (κ3) is 17.6. The average Bonchev–Trinajstić information content (AvgIpc) is 2.05. The minimum atomic E-state index is -0.234. The van der Waals surface area contributed by atoms with Crippen molar-refractivity contribution in [2.45, 2.75) is 13.3 Å². The lowest BCUT2D eigenvalue weighted by Gasteiger charge is -1.94. The molecule has 0 aliphatic carbocycles. The van der Waals surface area contributed by atoms with E-state index in [1.54, 1.807) is 14.0 Å². The maximum Gasteiger partial charge on any atom is 0.324 e. The Morgan fingerprint density at radius 1 is 1.73 bits per heavy atom. The second-order valence-corrected chi connectivity index (χ2v) is 1.54. The minimum Gasteiger partial charge on any atom is -0.395 e. The molecule has 0 rings (SSSR count). The Kier molecular flexibility index (Phi) is 14.2. The molecule has 0 heterocycles. The predicted molar refractivity (Wildman–Crippen MR) is 41.6 cm³/mol. The Morgan fingerprint density at radius 2 is 2.18 bits per heavy atom. The van der Waals surface area contributed by atoms with E-state index in [-0.39, 0.29) is 12.6 Å². The van der Waals surface area contributed by atoms with E-state index in [9.17, 15) is 4.79 Å². The van der Waals surface area contributed by atoms with Gasteiger partial charge in [-0.05, 0) is 0 Å². The van der Waals surface area contributed by atoms with Gasteiger partial charge in [-0.1, -0.05) is 6.92 Å². The van der Waals surface area contributed by atoms with Crippen LogP contribution in [0.25, 0.3) is 0 Å². The fourth-order valence-corrected chi connectivity index (χ4v) is 0.186. The molecule has 0 atom stereocenters. The fourth-order valence-electron chi connectivity index (χ4n) is 0.186. The molecular weight excluding hydrogens is 148 g/mol. The van der Waals surface area contributed by atoms with E-state index < -0.39 is 0 Å². The molecule has 0 unspecified atom stereocenters. The summed E-state index contributed by atoms with van der Waals surface area (Å²) in [6.45, 7) is 2.21. The molecule has 0 aliphatic rings. The molecule has 0 saturated carbocycles. The number of rotatable bonds is 3. The van der Waals surface area contributed by atoms with Gasteiger partial charge in [0.1, 0.15) is 0 Å². The molecule has 0 aromatic rings. The number of aliphatic hydroxyl groups excluding tert-OH is 1. The molecule has 5 nitrogen and oxygen atoms in total. The van der Waals surface area contributed by atoms with Crippen LogP contribution < -0.4 is 11.2 Å². The highest BCUT2D eigenvalue weighted by Crippen LogP contribution is 1.76. The number of hydroxylamine groups is 1. The third-order valence-corrected chi connectivity index (χ3v) is 0.634. The number of carbonyl (C=O) groups is 1. The molecule has 0 spiro atoms. The summed E-state index contributed by atoms with van der Waals surface area (Å²) in [7, 11) is 1.55. The second-order valence-electron chi connectivity index (χ2n) is 1.54. The van der Waals surface area contributed by atoms with Crippen LogP contribution in [0.4, 0.5) is 0 Å². The number of nitrogens with one attached hydrogen (secondary N) is 1. The van der Waals surface area contributed by atoms with Gasteiger partial charge in [-0.15, -0.1) is 0 Å². The summed E-state index contributed by atoms with van der Waals surface area (Å²) in [6.07, 6.45) is 0.418. The van der Waals surface area contributed by atoms with Gasteiger partial charge < -0.3 is 15.7 Å². The predicted octanol–water partition coefficient (Wildman–Crippen LogP) is -0.989. The largest absolute Gasteiger partial charge is 0.395 e. The quantitative estimate of drug-likeness (QED) is 0.466. The Morgan fingerprint density at radius 3 is 2.27 bits per heavy atom. The zero-order valence-electron chi connectivity index (χ0n) is 6.96. The minimum absolute atomic E-state index is 0.0972. The van der Waals surface area contributed by atoms with Gasteiger partial charge in [0.2, 0.25) is 0 Å². The molecule has 68 valence electrons. The summed E-state index contributed by atoms with van der Waals surface area (Å²) in [5, 5.41) is 7.75. The standard InChI is InChI=1S/C4H9NO2.C2H7NO/c1-3-4(6)7-5-2;3-1-2-4/h5H,3H2,1-2H3;4H,1-3H2. The average molecular weight is 164 g/mol. The summed E-state index contributed by atoms with van der Waals surface area (Å²) >= 11 is 0. The van der Waals surface area contributed by atoms with Crippen LogP contribution in [-0.2, 0) is 9.63 Å². The van der Waals surface area contributed by atoms with Gasteiger partial charge in [0.25, 0.3) is 0 Å². The van der Waals surface area contributed by atoms with Crippen molar-refractivity contribution in [1.29, 1.82) is 0 Å². The van der Waals surface area contributed by atoms with Crippen molar-refractivity contribution in [3.05, 3.63) is 0 Å². The Labute approximate surface area is 66.5 Å². The van der Waals surface area contributed by atoms with Crippen molar-refractivity contribution in [3.8, 4) is 0 Å². The van der Waals surface area contributed by atoms with Crippen LogP contribution in [0.3, 0.4) is 0 Å². The van der Waals surface area contributed by atoms with Gasteiger partial charge in [0.05, 0.1) is 6.61 Å². The third-order valence-electron chi connectivity index (χ3n) is 0.634. The smallest absolute Gasteiger partial charge is 0.324 e. The van der Waals surface area contributed by atoms with Crippen molar-refractivity contribution >= 4 is 5.97 Å². The lowest BCUT2D eigenvalue weighted by atomic mass is 10.5. The summed E-state index contributed by atoms with van der Waals surface area (Å²) in [5.74, 6) is -0.234. The van der Waals surface area contributed by atoms with Crippen molar-refractivity contribution in [1.82, 2.24) is 5.48 Å². The molecule has 0 amide bonds. The van der Waals surface area contributed by atoms with Gasteiger partial charge in [0.15, 0.2) is 0 Å². The van der Waals surface area contributed by atoms with E-state index in [0.29, 0.717) is 13.0 Å². The van der Waals surface area contributed by atoms with Gasteiger partial charge in [-0.25, -0.2) is 0 Å². The first-order chi connectivity index (χ1) is 5.22. The van der Waals surface area contributed by atoms with E-state index in [1.807, 2.05) is 0 Å². The summed E-state index contributed by atoms with van der Waals surface area (Å²) in [4.78, 5) is 14.4. The summed E-state index contributed by atoms with van der Waals surface area (Å²) in [5.41, 5.74) is 7.05. The van der Waals surface area contributed by atoms with Crippen LogP contribution in [0.5, 0.6) is 0 Å². The first-order valence-corrected chi connectivity index (χ1v) is 3.40. The van der Waals surface area contributed by atoms with Crippen LogP contribution in [0.2, 0.25) is 0 Å². The Bertz CT molecular complexity index is 85.9. The summed E-state index contributed by atoms with van der Waals surface area (Å²) in [6, 6.07) is 0. The normalized spacial score (nSPS) is 8.00. The van der Waals surface area contributed by atoms with E-state index in [1.165, 1.54) is 0 Å². The van der Waals surface area contributed by atoms with E-state index in [0.717, 1.165) is 0 Å². The highest BCUT2D eigenvalue weighted by Gasteiger charge is 1.91. The van der Waals surface area contributed by atoms with Gasteiger partial charge in [-0.2, -0.15) is 5.48 Å². The number of hydrogen-bond donors (Lipinski definition) is 3. The molecule has 0 aromatic heterocycles. The van der Waals surface area contributed by atoms with Crippen LogP contribution >= 0.6 is 0 Å². The van der Waals surface area contributed by atoms with Gasteiger partial charge >= 0.3 is 5.97 Å². The zero-order valence-corrected chi connectivity index (χ0v) is 6.96. The van der Waals surface area contributed by atoms with Gasteiger partial charge in [0, 0.05) is 20.0 Å². The second kappa shape index (κ2) is 12.1. The monoisotopic (exact) mass is 164 g/mol. The SMILES string of the molecule is CCC(=O)ONC.NCCO. The molecule has 0 saturated heterocycles. The van der Waals surface area contributed by atoms with Crippen LogP contribution in [0.1, 0.15) is 13.3 Å². The molecule has 0 aliphatic heterocycles. The first-order valence-electron chi connectivity index (χ1n) is 3.40. The molecule has 0 bridgehead atoms.